The third-order valence-corrected chi connectivity index (χ3v) is 5.33. The number of amides is 1. The van der Waals surface area contributed by atoms with Crippen LogP contribution in [0.4, 0.5) is 0 Å². The van der Waals surface area contributed by atoms with E-state index in [1.807, 2.05) is 35.2 Å². The number of piperidine rings is 1. The molecule has 1 aromatic carbocycles. The molecule has 1 amide bonds. The number of ether oxygens (including phenoxy) is 1. The first kappa shape index (κ1) is 17.7. The number of benzene rings is 1. The number of aromatic nitrogens is 3. The predicted octanol–water partition coefficient (Wildman–Crippen LogP) is 3.30. The Morgan fingerprint density at radius 1 is 1.37 bits per heavy atom. The van der Waals surface area contributed by atoms with Crippen LogP contribution in [0.1, 0.15) is 42.0 Å². The summed E-state index contributed by atoms with van der Waals surface area (Å²) in [5.74, 6) is 1.75. The molecular formula is C19H20N4O3S. The van der Waals surface area contributed by atoms with Crippen molar-refractivity contribution in [1.82, 2.24) is 20.0 Å². The minimum atomic E-state index is -0.349. The van der Waals surface area contributed by atoms with E-state index in [2.05, 4.69) is 22.0 Å². The molecule has 0 saturated carbocycles. The maximum Gasteiger partial charge on any atom is 0.273 e. The van der Waals surface area contributed by atoms with Crippen LogP contribution in [0.5, 0.6) is 5.75 Å². The second-order valence-corrected chi connectivity index (χ2v) is 7.60. The van der Waals surface area contributed by atoms with Gasteiger partial charge in [-0.2, -0.15) is 4.98 Å². The van der Waals surface area contributed by atoms with Crippen molar-refractivity contribution >= 4 is 17.2 Å². The fourth-order valence-electron chi connectivity index (χ4n) is 3.30. The normalized spacial score (nSPS) is 19.8. The van der Waals surface area contributed by atoms with Gasteiger partial charge in [-0.1, -0.05) is 30.3 Å². The van der Waals surface area contributed by atoms with E-state index in [0.29, 0.717) is 30.5 Å². The average Bonchev–Trinajstić information content (AvgIpc) is 3.39. The van der Waals surface area contributed by atoms with Gasteiger partial charge in [-0.25, -0.2) is 4.98 Å². The molecule has 4 rings (SSSR count). The lowest BCUT2D eigenvalue weighted by atomic mass is 9.81. The highest BCUT2D eigenvalue weighted by atomic mass is 32.1. The quantitative estimate of drug-likeness (QED) is 0.671. The number of hydrogen-bond donors (Lipinski definition) is 0. The average molecular weight is 384 g/mol. The van der Waals surface area contributed by atoms with E-state index in [4.69, 9.17) is 9.26 Å². The predicted molar refractivity (Wildman–Crippen MR) is 99.7 cm³/mol. The van der Waals surface area contributed by atoms with Crippen LogP contribution in [0.15, 0.2) is 45.7 Å². The summed E-state index contributed by atoms with van der Waals surface area (Å²) >= 11 is 1.42. The smallest absolute Gasteiger partial charge is 0.273 e. The molecule has 0 radical (unpaired) electrons. The number of nitrogens with zero attached hydrogens (tertiary/aromatic N) is 4. The number of likely N-dealkylation sites (tertiary alicyclic amines) is 1. The standard InChI is InChI=1S/C19H20N4O3S/c1-19(8-5-9-23(12-19)17(24)15-11-27-13-20-15)18-21-16(26-22-18)10-25-14-6-3-2-4-7-14/h2-4,6-7,11,13H,5,8-10,12H2,1H3. The summed E-state index contributed by atoms with van der Waals surface area (Å²) in [6.07, 6.45) is 1.78. The lowest BCUT2D eigenvalue weighted by Gasteiger charge is -2.38. The molecule has 27 heavy (non-hydrogen) atoms. The van der Waals surface area contributed by atoms with Crippen molar-refractivity contribution in [3.05, 3.63) is 58.6 Å². The van der Waals surface area contributed by atoms with Crippen molar-refractivity contribution in [3.63, 3.8) is 0 Å². The van der Waals surface area contributed by atoms with Gasteiger partial charge in [0.1, 0.15) is 11.4 Å². The van der Waals surface area contributed by atoms with Gasteiger partial charge in [0.2, 0.25) is 0 Å². The monoisotopic (exact) mass is 384 g/mol. The van der Waals surface area contributed by atoms with Gasteiger partial charge in [-0.3, -0.25) is 4.79 Å². The number of thiazole rings is 1. The molecule has 8 heteroatoms. The molecule has 0 N–H and O–H groups in total. The van der Waals surface area contributed by atoms with E-state index in [0.717, 1.165) is 18.6 Å². The topological polar surface area (TPSA) is 81.4 Å². The first-order valence-corrected chi connectivity index (χ1v) is 9.77. The van der Waals surface area contributed by atoms with Gasteiger partial charge in [-0.05, 0) is 25.0 Å². The van der Waals surface area contributed by atoms with Gasteiger partial charge in [0.05, 0.1) is 5.51 Å². The van der Waals surface area contributed by atoms with Crippen LogP contribution in [-0.2, 0) is 12.0 Å². The first-order chi connectivity index (χ1) is 13.1. The van der Waals surface area contributed by atoms with Crippen LogP contribution in [0.2, 0.25) is 0 Å². The SMILES string of the molecule is CC1(c2noc(COc3ccccc3)n2)CCCN(C(=O)c2cscn2)C1. The Kier molecular flexibility index (Phi) is 4.89. The van der Waals surface area contributed by atoms with Gasteiger partial charge in [0.15, 0.2) is 12.4 Å². The molecule has 0 spiro atoms. The zero-order valence-electron chi connectivity index (χ0n) is 15.0. The molecule has 3 heterocycles. The minimum absolute atomic E-state index is 0.0432. The second-order valence-electron chi connectivity index (χ2n) is 6.88. The van der Waals surface area contributed by atoms with Crippen molar-refractivity contribution in [3.8, 4) is 5.75 Å². The van der Waals surface area contributed by atoms with E-state index in [-0.39, 0.29) is 17.9 Å². The minimum Gasteiger partial charge on any atom is -0.484 e. The third kappa shape index (κ3) is 3.85. The fourth-order valence-corrected chi connectivity index (χ4v) is 3.82. The van der Waals surface area contributed by atoms with E-state index >= 15 is 0 Å². The van der Waals surface area contributed by atoms with E-state index in [1.54, 1.807) is 10.9 Å². The Morgan fingerprint density at radius 3 is 3.00 bits per heavy atom. The number of carbonyl (C=O) groups excluding carboxylic acids is 1. The molecule has 2 aromatic heterocycles. The Bertz CT molecular complexity index is 897. The molecule has 1 atom stereocenters. The molecule has 140 valence electrons. The molecule has 1 fully saturated rings. The molecule has 7 nitrogen and oxygen atoms in total. The zero-order valence-corrected chi connectivity index (χ0v) is 15.8. The van der Waals surface area contributed by atoms with Crippen LogP contribution in [0.25, 0.3) is 0 Å². The van der Waals surface area contributed by atoms with Crippen LogP contribution in [0, 0.1) is 0 Å². The van der Waals surface area contributed by atoms with E-state index in [9.17, 15) is 4.79 Å². The summed E-state index contributed by atoms with van der Waals surface area (Å²) < 4.78 is 11.0. The Balaban J connectivity index is 1.44. The van der Waals surface area contributed by atoms with Crippen molar-refractivity contribution < 1.29 is 14.1 Å². The molecular weight excluding hydrogens is 364 g/mol. The highest BCUT2D eigenvalue weighted by Gasteiger charge is 2.39. The maximum atomic E-state index is 12.6. The van der Waals surface area contributed by atoms with E-state index in [1.165, 1.54) is 11.3 Å². The zero-order chi connectivity index (χ0) is 18.7. The molecule has 1 saturated heterocycles. The Hall–Kier alpha value is -2.74. The number of rotatable bonds is 5. The van der Waals surface area contributed by atoms with Gasteiger partial charge < -0.3 is 14.2 Å². The molecule has 0 bridgehead atoms. The lowest BCUT2D eigenvalue weighted by molar-refractivity contribution is 0.0637. The molecule has 0 aliphatic carbocycles. The molecule has 3 aromatic rings. The van der Waals surface area contributed by atoms with Crippen molar-refractivity contribution in [1.29, 1.82) is 0 Å². The molecule has 1 unspecified atom stereocenters. The highest BCUT2D eigenvalue weighted by Crippen LogP contribution is 2.32. The summed E-state index contributed by atoms with van der Waals surface area (Å²) in [5, 5.41) is 5.94. The summed E-state index contributed by atoms with van der Waals surface area (Å²) in [7, 11) is 0. The summed E-state index contributed by atoms with van der Waals surface area (Å²) in [5.41, 5.74) is 1.82. The van der Waals surface area contributed by atoms with Gasteiger partial charge in [0.25, 0.3) is 11.8 Å². The number of carbonyl (C=O) groups is 1. The maximum absolute atomic E-state index is 12.6. The molecule has 1 aliphatic heterocycles. The fraction of sp³-hybridized carbons (Fsp3) is 0.368. The number of hydrogen-bond acceptors (Lipinski definition) is 7. The van der Waals surface area contributed by atoms with Crippen molar-refractivity contribution in [2.75, 3.05) is 13.1 Å². The Morgan fingerprint density at radius 2 is 2.22 bits per heavy atom. The van der Waals surface area contributed by atoms with E-state index < -0.39 is 0 Å². The summed E-state index contributed by atoms with van der Waals surface area (Å²) in [6.45, 7) is 3.55. The summed E-state index contributed by atoms with van der Waals surface area (Å²) in [6, 6.07) is 9.50. The van der Waals surface area contributed by atoms with Gasteiger partial charge >= 0.3 is 0 Å². The highest BCUT2D eigenvalue weighted by molar-refractivity contribution is 7.07. The van der Waals surface area contributed by atoms with Gasteiger partial charge in [-0.15, -0.1) is 11.3 Å². The first-order valence-electron chi connectivity index (χ1n) is 8.82. The number of para-hydroxylation sites is 1. The molecule has 1 aliphatic rings. The third-order valence-electron chi connectivity index (χ3n) is 4.75. The second kappa shape index (κ2) is 7.48. The van der Waals surface area contributed by atoms with Crippen LogP contribution in [0.3, 0.4) is 0 Å². The largest absolute Gasteiger partial charge is 0.484 e. The van der Waals surface area contributed by atoms with Crippen LogP contribution >= 0.6 is 11.3 Å². The van der Waals surface area contributed by atoms with Crippen molar-refractivity contribution in [2.45, 2.75) is 31.8 Å². The van der Waals surface area contributed by atoms with Crippen LogP contribution in [-0.4, -0.2) is 39.0 Å². The van der Waals surface area contributed by atoms with Crippen LogP contribution < -0.4 is 4.74 Å². The van der Waals surface area contributed by atoms with Crippen molar-refractivity contribution in [2.24, 2.45) is 0 Å². The summed E-state index contributed by atoms with van der Waals surface area (Å²) in [4.78, 5) is 23.1. The lowest BCUT2D eigenvalue weighted by Crippen LogP contribution is -2.47. The Labute approximate surface area is 161 Å². The van der Waals surface area contributed by atoms with Gasteiger partial charge in [0, 0.05) is 23.9 Å².